The zero-order valence-electron chi connectivity index (χ0n) is 14.5. The predicted octanol–water partition coefficient (Wildman–Crippen LogP) is 3.60. The predicted molar refractivity (Wildman–Crippen MR) is 104 cm³/mol. The third kappa shape index (κ3) is 4.78. The first kappa shape index (κ1) is 17.8. The molecule has 1 aliphatic rings. The number of anilines is 1. The first-order valence-electron chi connectivity index (χ1n) is 8.70. The van der Waals surface area contributed by atoms with Gasteiger partial charge in [0.25, 0.3) is 5.91 Å². The van der Waals surface area contributed by atoms with Crippen molar-refractivity contribution in [2.45, 2.75) is 19.4 Å². The van der Waals surface area contributed by atoms with E-state index in [1.807, 2.05) is 24.3 Å². The molecular weight excluding hydrogens is 410 g/mol. The average molecular weight is 428 g/mol. The van der Waals surface area contributed by atoms with Crippen LogP contribution in [0.15, 0.2) is 53.3 Å². The number of halogens is 1. The second kappa shape index (κ2) is 7.98. The van der Waals surface area contributed by atoms with Gasteiger partial charge in [-0.05, 0) is 64.5 Å². The summed E-state index contributed by atoms with van der Waals surface area (Å²) < 4.78 is 8.11. The molecule has 0 spiro atoms. The molecule has 8 heteroatoms. The Hall–Kier alpha value is -2.58. The van der Waals surface area contributed by atoms with Crippen LogP contribution in [0.25, 0.3) is 5.82 Å². The summed E-state index contributed by atoms with van der Waals surface area (Å²) in [5.74, 6) is 0.955. The molecule has 0 saturated heterocycles. The van der Waals surface area contributed by atoms with Crippen LogP contribution in [0.2, 0.25) is 0 Å². The summed E-state index contributed by atoms with van der Waals surface area (Å²) in [6.07, 6.45) is 5.96. The highest BCUT2D eigenvalue weighted by molar-refractivity contribution is 9.10. The topological polar surface area (TPSA) is 81.9 Å². The summed E-state index contributed by atoms with van der Waals surface area (Å²) >= 11 is 3.33. The van der Waals surface area contributed by atoms with Gasteiger partial charge in [-0.25, -0.2) is 4.68 Å². The van der Waals surface area contributed by atoms with E-state index in [-0.39, 0.29) is 11.6 Å². The number of ether oxygens (including phenoxy) is 1. The number of amides is 1. The fourth-order valence-corrected chi connectivity index (χ4v) is 2.84. The molecule has 1 aromatic carbocycles. The van der Waals surface area contributed by atoms with Crippen LogP contribution in [-0.2, 0) is 11.3 Å². The summed E-state index contributed by atoms with van der Waals surface area (Å²) in [7, 11) is 0. The third-order valence-electron chi connectivity index (χ3n) is 4.17. The molecule has 1 saturated carbocycles. The number of carbonyl (C=O) groups is 1. The molecule has 0 radical (unpaired) electrons. The molecule has 2 heterocycles. The van der Waals surface area contributed by atoms with Crippen LogP contribution in [0, 0.1) is 5.92 Å². The van der Waals surface area contributed by atoms with E-state index in [4.69, 9.17) is 4.74 Å². The molecule has 1 N–H and O–H groups in total. The molecule has 7 nitrogen and oxygen atoms in total. The lowest BCUT2D eigenvalue weighted by atomic mass is 10.2. The van der Waals surface area contributed by atoms with E-state index in [1.165, 1.54) is 12.8 Å². The Morgan fingerprint density at radius 1 is 1.26 bits per heavy atom. The minimum absolute atomic E-state index is 0.236. The first-order chi connectivity index (χ1) is 13.2. The number of hydrogen-bond acceptors (Lipinski definition) is 5. The van der Waals surface area contributed by atoms with Crippen LogP contribution in [0.1, 0.15) is 28.9 Å². The number of hydrogen-bond donors (Lipinski definition) is 1. The van der Waals surface area contributed by atoms with Crippen molar-refractivity contribution in [3.8, 4) is 5.82 Å². The lowest BCUT2D eigenvalue weighted by Crippen LogP contribution is -2.15. The maximum Gasteiger partial charge on any atom is 0.276 e. The Kier molecular flexibility index (Phi) is 5.26. The van der Waals surface area contributed by atoms with Crippen LogP contribution in [0.5, 0.6) is 0 Å². The van der Waals surface area contributed by atoms with Gasteiger partial charge in [0.15, 0.2) is 11.5 Å². The van der Waals surface area contributed by atoms with Gasteiger partial charge < -0.3 is 10.1 Å². The molecule has 0 aliphatic heterocycles. The maximum absolute atomic E-state index is 12.4. The Bertz CT molecular complexity index is 937. The fraction of sp³-hybridized carbons (Fsp3) is 0.263. The molecule has 0 unspecified atom stereocenters. The number of rotatable bonds is 7. The largest absolute Gasteiger partial charge is 0.376 e. The van der Waals surface area contributed by atoms with Crippen molar-refractivity contribution in [2.75, 3.05) is 11.9 Å². The minimum Gasteiger partial charge on any atom is -0.376 e. The van der Waals surface area contributed by atoms with E-state index in [2.05, 4.69) is 36.5 Å². The van der Waals surface area contributed by atoms with Gasteiger partial charge in [0.05, 0.1) is 17.3 Å². The van der Waals surface area contributed by atoms with Gasteiger partial charge in [-0.1, -0.05) is 12.1 Å². The van der Waals surface area contributed by atoms with Crippen molar-refractivity contribution < 1.29 is 9.53 Å². The normalized spacial score (nSPS) is 13.5. The highest BCUT2D eigenvalue weighted by Gasteiger charge is 2.21. The van der Waals surface area contributed by atoms with Crippen molar-refractivity contribution in [1.29, 1.82) is 0 Å². The third-order valence-corrected chi connectivity index (χ3v) is 4.58. The van der Waals surface area contributed by atoms with Crippen molar-refractivity contribution in [3.05, 3.63) is 64.5 Å². The van der Waals surface area contributed by atoms with E-state index in [9.17, 15) is 4.79 Å². The Balaban J connectivity index is 1.38. The van der Waals surface area contributed by atoms with E-state index in [1.54, 1.807) is 29.2 Å². The van der Waals surface area contributed by atoms with Gasteiger partial charge in [-0.15, -0.1) is 10.2 Å². The van der Waals surface area contributed by atoms with Crippen molar-refractivity contribution in [3.63, 3.8) is 0 Å². The molecule has 1 amide bonds. The molecule has 0 bridgehead atoms. The van der Waals surface area contributed by atoms with Crippen LogP contribution >= 0.6 is 15.9 Å². The van der Waals surface area contributed by atoms with E-state index in [0.29, 0.717) is 18.1 Å². The number of nitrogens with one attached hydrogen (secondary N) is 1. The number of aromatic nitrogens is 4. The molecule has 27 heavy (non-hydrogen) atoms. The smallest absolute Gasteiger partial charge is 0.276 e. The standard InChI is InChI=1S/C19H18BrN5O2/c20-15-9-21-25(10-15)18-7-6-17(23-24-18)19(26)22-16-3-1-2-14(8-16)12-27-11-13-4-5-13/h1-3,6-10,13H,4-5,11-12H2,(H,22,26). The summed E-state index contributed by atoms with van der Waals surface area (Å²) in [4.78, 5) is 12.4. The second-order valence-corrected chi connectivity index (χ2v) is 7.41. The van der Waals surface area contributed by atoms with Gasteiger partial charge >= 0.3 is 0 Å². The molecular formula is C19H18BrN5O2. The number of nitrogens with zero attached hydrogens (tertiary/aromatic N) is 4. The molecule has 2 aromatic heterocycles. The van der Waals surface area contributed by atoms with Crippen LogP contribution < -0.4 is 5.32 Å². The van der Waals surface area contributed by atoms with Crippen LogP contribution in [0.4, 0.5) is 5.69 Å². The quantitative estimate of drug-likeness (QED) is 0.622. The number of carbonyl (C=O) groups excluding carboxylic acids is 1. The monoisotopic (exact) mass is 427 g/mol. The summed E-state index contributed by atoms with van der Waals surface area (Å²) in [6, 6.07) is 11.0. The van der Waals surface area contributed by atoms with Gasteiger partial charge in [0.1, 0.15) is 0 Å². The van der Waals surface area contributed by atoms with E-state index < -0.39 is 0 Å². The number of benzene rings is 1. The molecule has 4 rings (SSSR count). The minimum atomic E-state index is -0.313. The molecule has 1 fully saturated rings. The lowest BCUT2D eigenvalue weighted by molar-refractivity contribution is 0.102. The van der Waals surface area contributed by atoms with Crippen molar-refractivity contribution >= 4 is 27.5 Å². The fourth-order valence-electron chi connectivity index (χ4n) is 2.56. The van der Waals surface area contributed by atoms with Gasteiger partial charge in [-0.2, -0.15) is 5.10 Å². The molecule has 138 valence electrons. The van der Waals surface area contributed by atoms with Gasteiger partial charge in [0, 0.05) is 18.5 Å². The second-order valence-electron chi connectivity index (χ2n) is 6.49. The molecule has 3 aromatic rings. The summed E-state index contributed by atoms with van der Waals surface area (Å²) in [5.41, 5.74) is 1.97. The van der Waals surface area contributed by atoms with E-state index in [0.717, 1.165) is 22.6 Å². The Morgan fingerprint density at radius 3 is 2.85 bits per heavy atom. The maximum atomic E-state index is 12.4. The Morgan fingerprint density at radius 2 is 2.15 bits per heavy atom. The SMILES string of the molecule is O=C(Nc1cccc(COCC2CC2)c1)c1ccc(-n2cc(Br)cn2)nn1. The summed E-state index contributed by atoms with van der Waals surface area (Å²) in [5, 5.41) is 15.0. The van der Waals surface area contributed by atoms with Crippen molar-refractivity contribution in [2.24, 2.45) is 5.92 Å². The van der Waals surface area contributed by atoms with Crippen LogP contribution in [0.3, 0.4) is 0 Å². The van der Waals surface area contributed by atoms with Crippen molar-refractivity contribution in [1.82, 2.24) is 20.0 Å². The zero-order valence-corrected chi connectivity index (χ0v) is 16.1. The highest BCUT2D eigenvalue weighted by Crippen LogP contribution is 2.29. The van der Waals surface area contributed by atoms with Gasteiger partial charge in [0.2, 0.25) is 0 Å². The zero-order chi connectivity index (χ0) is 18.6. The lowest BCUT2D eigenvalue weighted by Gasteiger charge is -2.08. The van der Waals surface area contributed by atoms with Crippen LogP contribution in [-0.4, -0.2) is 32.5 Å². The molecule has 0 atom stereocenters. The highest BCUT2D eigenvalue weighted by atomic mass is 79.9. The van der Waals surface area contributed by atoms with E-state index >= 15 is 0 Å². The molecule has 1 aliphatic carbocycles. The summed E-state index contributed by atoms with van der Waals surface area (Å²) in [6.45, 7) is 1.36. The van der Waals surface area contributed by atoms with Gasteiger partial charge in [-0.3, -0.25) is 4.79 Å². The average Bonchev–Trinajstić information content (AvgIpc) is 3.40. The first-order valence-corrected chi connectivity index (χ1v) is 9.49. The Labute approximate surface area is 164 Å².